The Morgan fingerprint density at radius 2 is 0.446 bits per heavy atom. The number of aliphatic hydroxyl groups is 1. The second kappa shape index (κ2) is 51.2. The van der Waals surface area contributed by atoms with Crippen LogP contribution in [0, 0.1) is 156 Å². The standard InChI is InChI=1S/C22H22F2O3.C21H20F2O3.C20H18F2O3.C19H20F2O3.2C19H20F2O2/c1-4-5-12-25-17-10-8-15-16-9-11-18(26-13-6-7-14(2)3)20(24)22(16)27-21(15)19(17)23;1-4-11-24-16-9-7-14-15-8-10-17(25-12-5-6-13(2)3)19(23)21(15)26-20(14)18(16)22;1-4-23-15-9-7-13-14-8-10-16(24-11-5-6-12(2)3)18(22)20(14)25-19(13)17(15)21;1-11(2)4-3-9-23-15-8-7-14-13-6-5-12(10-22)16(20)18(13)24-19(14)17(15)21;2*1-11(2)5-4-10-22-15-9-8-14-13-7-6-12(3)16(20)18(13)23-19(14)17(15)21/h8-11,14H,6-7,12-13H2,1-3H3;7-10,13H,5-6,12H2,1-3H3;1,7-10,12H,5-6,11H2,2-3H3;5-8,11,22H,3-4,9-10H2,1-2H3;2*6-9,11H,4-5,10H2,1-3H3. The van der Waals surface area contributed by atoms with E-state index in [2.05, 4.69) is 107 Å². The Morgan fingerprint density at radius 1 is 0.250 bits per heavy atom. The molecule has 0 saturated heterocycles. The molecule has 18 rings (SSSR count). The highest BCUT2D eigenvalue weighted by atomic mass is 19.2. The fourth-order valence-corrected chi connectivity index (χ4v) is 16.6. The lowest BCUT2D eigenvalue weighted by Crippen LogP contribution is -2.01. The Hall–Kier alpha value is -14.6. The topological polar surface area (TPSA) is 182 Å². The van der Waals surface area contributed by atoms with E-state index in [4.69, 9.17) is 80.7 Å². The summed E-state index contributed by atoms with van der Waals surface area (Å²) in [6, 6.07) is 38.6. The molecule has 0 aliphatic heterocycles. The molecule has 148 heavy (non-hydrogen) atoms. The number of furan rings is 6. The molecule has 0 saturated carbocycles. The smallest absolute Gasteiger partial charge is 0.209 e. The van der Waals surface area contributed by atoms with Crippen molar-refractivity contribution in [1.29, 1.82) is 0 Å². The highest BCUT2D eigenvalue weighted by Gasteiger charge is 2.28. The maximum atomic E-state index is 14.8. The largest absolute Gasteiger partial charge is 0.490 e. The van der Waals surface area contributed by atoms with Crippen molar-refractivity contribution in [3.8, 4) is 88.1 Å². The molecule has 6 heterocycles. The van der Waals surface area contributed by atoms with Crippen molar-refractivity contribution < 1.29 is 127 Å². The zero-order valence-electron chi connectivity index (χ0n) is 85.6. The van der Waals surface area contributed by atoms with Crippen LogP contribution in [0.3, 0.4) is 0 Å². The first-order chi connectivity index (χ1) is 71.1. The van der Waals surface area contributed by atoms with Crippen LogP contribution < -0.4 is 42.6 Å². The van der Waals surface area contributed by atoms with E-state index in [-0.39, 0.29) is 131 Å². The normalized spacial score (nSPS) is 11.4. The predicted molar refractivity (Wildman–Crippen MR) is 557 cm³/mol. The Labute approximate surface area is 850 Å². The van der Waals surface area contributed by atoms with Crippen LogP contribution in [0.4, 0.5) is 52.7 Å². The number of hydrogen-bond acceptors (Lipinski definition) is 16. The van der Waals surface area contributed by atoms with E-state index in [1.54, 1.807) is 143 Å². The third-order valence-corrected chi connectivity index (χ3v) is 24.5. The van der Waals surface area contributed by atoms with Gasteiger partial charge in [0.2, 0.25) is 52.4 Å². The Bertz CT molecular complexity index is 7750. The van der Waals surface area contributed by atoms with Crippen LogP contribution in [0.25, 0.3) is 132 Å². The third kappa shape index (κ3) is 26.0. The molecule has 18 aromatic rings. The van der Waals surface area contributed by atoms with E-state index in [0.717, 1.165) is 77.0 Å². The number of benzene rings is 12. The van der Waals surface area contributed by atoms with Gasteiger partial charge in [-0.3, -0.25) is 0 Å². The maximum Gasteiger partial charge on any atom is 0.209 e. The van der Waals surface area contributed by atoms with E-state index in [1.807, 2.05) is 6.11 Å². The summed E-state index contributed by atoms with van der Waals surface area (Å²) in [5.41, 5.74) is 0.975. The quantitative estimate of drug-likeness (QED) is 0.0225. The van der Waals surface area contributed by atoms with Crippen LogP contribution in [-0.2, 0) is 6.61 Å². The minimum Gasteiger partial charge on any atom is -0.490 e. The second-order valence-electron chi connectivity index (χ2n) is 38.3. The van der Waals surface area contributed by atoms with Gasteiger partial charge in [-0.15, -0.1) is 5.92 Å². The molecule has 0 aliphatic carbocycles. The SMILES string of the molecule is C#COc1ccc2c(oc3c(F)c(OCCCC(C)C)ccc32)c1F.CC#CCOc1ccc2c(oc3c(F)c(OCCCC(C)C)ccc32)c1F.CC#COc1ccc2c(oc3c(F)c(OCCCC(C)C)ccc32)c1F.CC(C)CCCOc1ccc2c(oc3c(F)c(CO)ccc32)c1F.Cc1ccc2c(oc3c(F)c(OCCCC(C)C)ccc32)c1F.Cc1ccc2c(oc3c(F)c(OCCCC(C)C)ccc32)c1F. The Balaban J connectivity index is 0.000000148. The summed E-state index contributed by atoms with van der Waals surface area (Å²) in [6.45, 7) is 34.3. The van der Waals surface area contributed by atoms with Gasteiger partial charge in [0.15, 0.2) is 136 Å². The number of halogens is 12. The van der Waals surface area contributed by atoms with Crippen molar-refractivity contribution in [2.75, 3.05) is 46.2 Å². The monoisotopic (exact) mass is 2040 g/mol. The Kier molecular flexibility index (Phi) is 38.3. The van der Waals surface area contributed by atoms with Crippen molar-refractivity contribution in [2.45, 2.75) is 194 Å². The van der Waals surface area contributed by atoms with Gasteiger partial charge < -0.3 is 74.2 Å². The number of aryl methyl sites for hydroxylation is 2. The molecule has 0 bridgehead atoms. The number of terminal acetylenes is 1. The number of ether oxygens (including phenoxy) is 9. The van der Waals surface area contributed by atoms with Gasteiger partial charge in [0.1, 0.15) is 18.8 Å². The van der Waals surface area contributed by atoms with Crippen LogP contribution in [-0.4, -0.2) is 51.4 Å². The lowest BCUT2D eigenvalue weighted by molar-refractivity contribution is 0.275. The maximum absolute atomic E-state index is 14.8. The highest BCUT2D eigenvalue weighted by Crippen LogP contribution is 2.46. The molecule has 0 unspecified atom stereocenters. The lowest BCUT2D eigenvalue weighted by atomic mass is 10.1. The second-order valence-corrected chi connectivity index (χ2v) is 38.3. The van der Waals surface area contributed by atoms with Crippen LogP contribution in [0.2, 0.25) is 0 Å². The predicted octanol–water partition coefficient (Wildman–Crippen LogP) is 34.9. The first-order valence-electron chi connectivity index (χ1n) is 49.6. The molecule has 0 spiro atoms. The minimum atomic E-state index is -0.759. The molecule has 16 nitrogen and oxygen atoms in total. The molecule has 0 aliphatic rings. The molecule has 6 aromatic heterocycles. The van der Waals surface area contributed by atoms with Gasteiger partial charge in [0.25, 0.3) is 0 Å². The molecule has 28 heteroatoms. The van der Waals surface area contributed by atoms with Gasteiger partial charge >= 0.3 is 0 Å². The molecule has 0 radical (unpaired) electrons. The van der Waals surface area contributed by atoms with E-state index < -0.39 is 76.4 Å². The van der Waals surface area contributed by atoms with E-state index in [1.165, 1.54) is 30.3 Å². The van der Waals surface area contributed by atoms with Crippen molar-refractivity contribution in [2.24, 2.45) is 35.5 Å². The number of hydrogen-bond donors (Lipinski definition) is 1. The fourth-order valence-electron chi connectivity index (χ4n) is 16.6. The summed E-state index contributed by atoms with van der Waals surface area (Å²) in [5, 5.41) is 15.2. The highest BCUT2D eigenvalue weighted by molar-refractivity contribution is 6.11. The first kappa shape index (κ1) is 111. The third-order valence-electron chi connectivity index (χ3n) is 24.5. The molecule has 0 amide bonds. The van der Waals surface area contributed by atoms with Crippen LogP contribution in [0.15, 0.2) is 172 Å². The van der Waals surface area contributed by atoms with Crippen molar-refractivity contribution in [3.05, 3.63) is 232 Å². The van der Waals surface area contributed by atoms with Crippen LogP contribution in [0.5, 0.6) is 51.7 Å². The van der Waals surface area contributed by atoms with Gasteiger partial charge in [-0.1, -0.05) is 132 Å². The zero-order chi connectivity index (χ0) is 106. The van der Waals surface area contributed by atoms with Crippen molar-refractivity contribution in [3.63, 3.8) is 0 Å². The summed E-state index contributed by atoms with van der Waals surface area (Å²) in [5.74, 6) is 4.54. The molecule has 0 fully saturated rings. The minimum absolute atomic E-state index is 0.0178. The average Bonchev–Trinajstić information content (AvgIpc) is 1.64. The van der Waals surface area contributed by atoms with Crippen molar-refractivity contribution >= 4 is 132 Å². The molecule has 12 aromatic carbocycles. The average molecular weight is 2050 g/mol. The summed E-state index contributed by atoms with van der Waals surface area (Å²) >= 11 is 0. The molecular weight excluding hydrogens is 1930 g/mol. The number of fused-ring (bicyclic) bond motifs is 18. The first-order valence-corrected chi connectivity index (χ1v) is 49.6. The zero-order valence-corrected chi connectivity index (χ0v) is 85.6. The Morgan fingerprint density at radius 3 is 0.662 bits per heavy atom. The van der Waals surface area contributed by atoms with E-state index in [0.29, 0.717) is 151 Å². The molecular formula is C120H120F12O16. The van der Waals surface area contributed by atoms with Crippen LogP contribution >= 0.6 is 0 Å². The molecule has 780 valence electrons. The van der Waals surface area contributed by atoms with Gasteiger partial charge in [-0.05, 0) is 260 Å². The summed E-state index contributed by atoms with van der Waals surface area (Å²) < 4.78 is 255. The van der Waals surface area contributed by atoms with Gasteiger partial charge in [-0.25, -0.2) is 13.2 Å². The van der Waals surface area contributed by atoms with Gasteiger partial charge in [0, 0.05) is 77.1 Å². The summed E-state index contributed by atoms with van der Waals surface area (Å²) in [7, 11) is 0. The van der Waals surface area contributed by atoms with E-state index >= 15 is 0 Å². The number of aliphatic hydroxyl groups excluding tert-OH is 1. The fraction of sp³-hybridized carbons (Fsp3) is 0.350. The van der Waals surface area contributed by atoms with Crippen LogP contribution in [0.1, 0.15) is 191 Å². The molecule has 0 atom stereocenters. The summed E-state index contributed by atoms with van der Waals surface area (Å²) in [4.78, 5) is 0. The number of rotatable bonds is 35. The molecule has 1 N–H and O–H groups in total. The van der Waals surface area contributed by atoms with E-state index in [9.17, 15) is 52.7 Å². The lowest BCUT2D eigenvalue weighted by Gasteiger charge is -2.08. The summed E-state index contributed by atoms with van der Waals surface area (Å²) in [6.07, 6.45) is 20.4. The van der Waals surface area contributed by atoms with Gasteiger partial charge in [0.05, 0.1) is 46.2 Å². The van der Waals surface area contributed by atoms with Crippen molar-refractivity contribution in [1.82, 2.24) is 0 Å². The van der Waals surface area contributed by atoms with Gasteiger partial charge in [-0.2, -0.15) is 39.5 Å².